The first-order chi connectivity index (χ1) is 8.00. The SMILES string of the molecule is O=S(=O)(c1ccc(Cl)cc1)N1CCC[C@H](O)C1. The van der Waals surface area contributed by atoms with Gasteiger partial charge in [-0.2, -0.15) is 4.31 Å². The average Bonchev–Trinajstić information content (AvgIpc) is 2.29. The number of nitrogens with zero attached hydrogens (tertiary/aromatic N) is 1. The van der Waals surface area contributed by atoms with Crippen LogP contribution in [0.25, 0.3) is 0 Å². The van der Waals surface area contributed by atoms with Crippen molar-refractivity contribution in [3.8, 4) is 0 Å². The second kappa shape index (κ2) is 4.94. The average molecular weight is 276 g/mol. The van der Waals surface area contributed by atoms with E-state index in [1.54, 1.807) is 12.1 Å². The number of hydrogen-bond donors (Lipinski definition) is 1. The highest BCUT2D eigenvalue weighted by Gasteiger charge is 2.29. The summed E-state index contributed by atoms with van der Waals surface area (Å²) in [5.41, 5.74) is 0. The molecule has 1 aromatic rings. The molecule has 1 heterocycles. The number of halogens is 1. The van der Waals surface area contributed by atoms with Crippen LogP contribution in [-0.4, -0.2) is 37.0 Å². The number of β-amino-alcohol motifs (C(OH)–C–C–N with tert-alkyl or cyclic N) is 1. The van der Waals surface area contributed by atoms with Gasteiger partial charge in [-0.25, -0.2) is 8.42 Å². The van der Waals surface area contributed by atoms with Crippen LogP contribution in [0.4, 0.5) is 0 Å². The Morgan fingerprint density at radius 1 is 1.29 bits per heavy atom. The minimum Gasteiger partial charge on any atom is -0.392 e. The van der Waals surface area contributed by atoms with E-state index in [-0.39, 0.29) is 11.4 Å². The Kier molecular flexibility index (Phi) is 3.73. The Morgan fingerprint density at radius 2 is 1.94 bits per heavy atom. The standard InChI is InChI=1S/C11H14ClNO3S/c12-9-3-5-11(6-4-9)17(15,16)13-7-1-2-10(14)8-13/h3-6,10,14H,1-2,7-8H2/t10-/m0/s1. The van der Waals surface area contributed by atoms with Gasteiger partial charge >= 0.3 is 0 Å². The van der Waals surface area contributed by atoms with Crippen molar-refractivity contribution in [1.29, 1.82) is 0 Å². The quantitative estimate of drug-likeness (QED) is 0.890. The normalized spacial score (nSPS) is 22.6. The maximum Gasteiger partial charge on any atom is 0.243 e. The molecular formula is C11H14ClNO3S. The molecular weight excluding hydrogens is 262 g/mol. The van der Waals surface area contributed by atoms with Crippen molar-refractivity contribution in [3.05, 3.63) is 29.3 Å². The molecule has 0 radical (unpaired) electrons. The second-order valence-electron chi connectivity index (χ2n) is 4.11. The summed E-state index contributed by atoms with van der Waals surface area (Å²) in [5.74, 6) is 0. The van der Waals surface area contributed by atoms with Gasteiger partial charge in [-0.1, -0.05) is 11.6 Å². The molecule has 17 heavy (non-hydrogen) atoms. The Bertz CT molecular complexity index is 486. The van der Waals surface area contributed by atoms with Gasteiger partial charge in [0.2, 0.25) is 10.0 Å². The molecule has 1 saturated heterocycles. The zero-order valence-corrected chi connectivity index (χ0v) is 10.8. The van der Waals surface area contributed by atoms with Crippen molar-refractivity contribution >= 4 is 21.6 Å². The summed E-state index contributed by atoms with van der Waals surface area (Å²) in [6.45, 7) is 0.632. The largest absolute Gasteiger partial charge is 0.392 e. The molecule has 0 aromatic heterocycles. The van der Waals surface area contributed by atoms with Gasteiger partial charge in [-0.3, -0.25) is 0 Å². The molecule has 2 rings (SSSR count). The van der Waals surface area contributed by atoms with Crippen LogP contribution in [-0.2, 0) is 10.0 Å². The fraction of sp³-hybridized carbons (Fsp3) is 0.455. The van der Waals surface area contributed by atoms with E-state index in [2.05, 4.69) is 0 Å². The summed E-state index contributed by atoms with van der Waals surface area (Å²) in [6.07, 6.45) is 0.784. The molecule has 1 aliphatic heterocycles. The Hall–Kier alpha value is -0.620. The van der Waals surface area contributed by atoms with Gasteiger partial charge in [0.1, 0.15) is 0 Å². The smallest absolute Gasteiger partial charge is 0.243 e. The Morgan fingerprint density at radius 3 is 2.53 bits per heavy atom. The maximum atomic E-state index is 12.2. The predicted molar refractivity (Wildman–Crippen MR) is 65.5 cm³/mol. The third kappa shape index (κ3) is 2.80. The minimum atomic E-state index is -3.50. The number of piperidine rings is 1. The highest BCUT2D eigenvalue weighted by atomic mass is 35.5. The van der Waals surface area contributed by atoms with E-state index in [0.29, 0.717) is 24.4 Å². The number of benzene rings is 1. The molecule has 1 aliphatic rings. The topological polar surface area (TPSA) is 57.6 Å². The van der Waals surface area contributed by atoms with Crippen LogP contribution in [0.1, 0.15) is 12.8 Å². The number of hydrogen-bond acceptors (Lipinski definition) is 3. The Balaban J connectivity index is 2.26. The number of rotatable bonds is 2. The molecule has 1 atom stereocenters. The summed E-state index contributed by atoms with van der Waals surface area (Å²) in [5, 5.41) is 10.0. The molecule has 0 amide bonds. The first-order valence-corrected chi connectivity index (χ1v) is 7.26. The molecule has 0 bridgehead atoms. The van der Waals surface area contributed by atoms with Gasteiger partial charge in [0.25, 0.3) is 0 Å². The summed E-state index contributed by atoms with van der Waals surface area (Å²) in [7, 11) is -3.50. The molecule has 0 saturated carbocycles. The molecule has 1 aromatic carbocycles. The van der Waals surface area contributed by atoms with E-state index in [9.17, 15) is 13.5 Å². The zero-order valence-electron chi connectivity index (χ0n) is 9.21. The molecule has 1 fully saturated rings. The van der Waals surface area contributed by atoms with E-state index >= 15 is 0 Å². The summed E-state index contributed by atoms with van der Waals surface area (Å²) in [6, 6.07) is 6.07. The van der Waals surface area contributed by atoms with Gasteiger partial charge in [-0.15, -0.1) is 0 Å². The van der Waals surface area contributed by atoms with Gasteiger partial charge in [0.15, 0.2) is 0 Å². The summed E-state index contributed by atoms with van der Waals surface area (Å²) in [4.78, 5) is 0.219. The van der Waals surface area contributed by atoms with Crippen LogP contribution >= 0.6 is 11.6 Å². The van der Waals surface area contributed by atoms with Crippen LogP contribution < -0.4 is 0 Å². The molecule has 0 unspecified atom stereocenters. The molecule has 1 N–H and O–H groups in total. The lowest BCUT2D eigenvalue weighted by Crippen LogP contribution is -2.42. The first kappa shape index (κ1) is 12.8. The fourth-order valence-electron chi connectivity index (χ4n) is 1.89. The molecule has 6 heteroatoms. The predicted octanol–water partition coefficient (Wildman–Crippen LogP) is 1.49. The molecule has 94 valence electrons. The first-order valence-electron chi connectivity index (χ1n) is 5.44. The van der Waals surface area contributed by atoms with Crippen molar-refractivity contribution < 1.29 is 13.5 Å². The van der Waals surface area contributed by atoms with Gasteiger partial charge < -0.3 is 5.11 Å². The lowest BCUT2D eigenvalue weighted by Gasteiger charge is -2.29. The third-order valence-corrected chi connectivity index (χ3v) is 4.94. The summed E-state index contributed by atoms with van der Waals surface area (Å²) < 4.78 is 25.8. The fourth-order valence-corrected chi connectivity index (χ4v) is 3.54. The highest BCUT2D eigenvalue weighted by molar-refractivity contribution is 7.89. The molecule has 4 nitrogen and oxygen atoms in total. The van der Waals surface area contributed by atoms with Crippen LogP contribution in [0.15, 0.2) is 29.2 Å². The van der Waals surface area contributed by atoms with E-state index in [1.807, 2.05) is 0 Å². The van der Waals surface area contributed by atoms with Crippen molar-refractivity contribution in [1.82, 2.24) is 4.31 Å². The zero-order chi connectivity index (χ0) is 12.5. The van der Waals surface area contributed by atoms with Crippen LogP contribution in [0.2, 0.25) is 5.02 Å². The van der Waals surface area contributed by atoms with Crippen LogP contribution in [0.5, 0.6) is 0 Å². The summed E-state index contributed by atoms with van der Waals surface area (Å²) >= 11 is 5.72. The lowest BCUT2D eigenvalue weighted by molar-refractivity contribution is 0.108. The van der Waals surface area contributed by atoms with Gasteiger partial charge in [0, 0.05) is 18.1 Å². The monoisotopic (exact) mass is 275 g/mol. The second-order valence-corrected chi connectivity index (χ2v) is 6.49. The van der Waals surface area contributed by atoms with Crippen molar-refractivity contribution in [2.45, 2.75) is 23.8 Å². The van der Waals surface area contributed by atoms with E-state index in [0.717, 1.165) is 0 Å². The Labute approximate surface area is 106 Å². The van der Waals surface area contributed by atoms with Crippen molar-refractivity contribution in [3.63, 3.8) is 0 Å². The van der Waals surface area contributed by atoms with Gasteiger partial charge in [0.05, 0.1) is 11.0 Å². The highest BCUT2D eigenvalue weighted by Crippen LogP contribution is 2.21. The van der Waals surface area contributed by atoms with Crippen LogP contribution in [0, 0.1) is 0 Å². The van der Waals surface area contributed by atoms with Crippen molar-refractivity contribution in [2.24, 2.45) is 0 Å². The van der Waals surface area contributed by atoms with Crippen molar-refractivity contribution in [2.75, 3.05) is 13.1 Å². The third-order valence-electron chi connectivity index (χ3n) is 2.81. The minimum absolute atomic E-state index is 0.172. The molecule has 0 aliphatic carbocycles. The van der Waals surface area contributed by atoms with E-state index < -0.39 is 16.1 Å². The van der Waals surface area contributed by atoms with E-state index in [4.69, 9.17) is 11.6 Å². The lowest BCUT2D eigenvalue weighted by atomic mass is 10.1. The number of aliphatic hydroxyl groups excluding tert-OH is 1. The number of sulfonamides is 1. The van der Waals surface area contributed by atoms with E-state index in [1.165, 1.54) is 16.4 Å². The maximum absolute atomic E-state index is 12.2. The number of aliphatic hydroxyl groups is 1. The van der Waals surface area contributed by atoms with Gasteiger partial charge in [-0.05, 0) is 37.1 Å². The van der Waals surface area contributed by atoms with Crippen LogP contribution in [0.3, 0.4) is 0 Å². The molecule has 0 spiro atoms.